The number of carbonyl (C=O) groups is 2. The summed E-state index contributed by atoms with van der Waals surface area (Å²) in [6, 6.07) is 7.21. The second kappa shape index (κ2) is 9.84. The third-order valence-electron chi connectivity index (χ3n) is 4.05. The average molecular weight is 347 g/mol. The minimum Gasteiger partial charge on any atom is -0.428 e. The predicted molar refractivity (Wildman–Crippen MR) is 94.1 cm³/mol. The number of benzene rings is 1. The molecule has 0 radical (unpaired) electrons. The van der Waals surface area contributed by atoms with Crippen LogP contribution in [0, 0.1) is 0 Å². The number of unbranched alkanes of at least 4 members (excludes halogenated alkanes) is 4. The predicted octanol–water partition coefficient (Wildman–Crippen LogP) is 3.98. The molecule has 136 valence electrons. The van der Waals surface area contributed by atoms with Crippen LogP contribution in [0.25, 0.3) is 10.9 Å². The Morgan fingerprint density at radius 2 is 1.84 bits per heavy atom. The summed E-state index contributed by atoms with van der Waals surface area (Å²) in [5.74, 6) is -0.363. The molecule has 0 aliphatic rings. The zero-order chi connectivity index (χ0) is 18.1. The second-order valence-electron chi connectivity index (χ2n) is 5.91. The van der Waals surface area contributed by atoms with Crippen molar-refractivity contribution in [2.24, 2.45) is 0 Å². The first kappa shape index (κ1) is 19.0. The van der Waals surface area contributed by atoms with E-state index in [-0.39, 0.29) is 12.6 Å². The van der Waals surface area contributed by atoms with Gasteiger partial charge in [-0.3, -0.25) is 9.36 Å². The van der Waals surface area contributed by atoms with Crippen molar-refractivity contribution in [2.75, 3.05) is 6.79 Å². The zero-order valence-electron chi connectivity index (χ0n) is 14.6. The van der Waals surface area contributed by atoms with Crippen LogP contribution in [0.2, 0.25) is 0 Å². The van der Waals surface area contributed by atoms with Crippen LogP contribution in [0.15, 0.2) is 30.5 Å². The summed E-state index contributed by atoms with van der Waals surface area (Å²) < 4.78 is 11.3. The highest BCUT2D eigenvalue weighted by atomic mass is 16.7. The number of aromatic nitrogens is 1. The summed E-state index contributed by atoms with van der Waals surface area (Å²) in [7, 11) is 0. The van der Waals surface area contributed by atoms with Gasteiger partial charge in [-0.1, -0.05) is 50.8 Å². The number of fused-ring (bicyclic) bond motifs is 1. The van der Waals surface area contributed by atoms with Crippen LogP contribution in [-0.4, -0.2) is 28.5 Å². The van der Waals surface area contributed by atoms with Crippen molar-refractivity contribution in [3.05, 3.63) is 36.0 Å². The van der Waals surface area contributed by atoms with Gasteiger partial charge in [0.05, 0.1) is 12.1 Å². The van der Waals surface area contributed by atoms with Gasteiger partial charge in [0, 0.05) is 23.6 Å². The highest BCUT2D eigenvalue weighted by molar-refractivity contribution is 5.91. The minimum atomic E-state index is -0.647. The monoisotopic (exact) mass is 347 g/mol. The number of esters is 1. The summed E-state index contributed by atoms with van der Waals surface area (Å²) in [5, 5.41) is 10.2. The molecule has 1 heterocycles. The summed E-state index contributed by atoms with van der Waals surface area (Å²) in [4.78, 5) is 23.8. The summed E-state index contributed by atoms with van der Waals surface area (Å²) >= 11 is 0. The number of aliphatic hydroxyl groups excluding tert-OH is 1. The summed E-state index contributed by atoms with van der Waals surface area (Å²) in [6.45, 7) is 1.56. The maximum Gasteiger partial charge on any atom is 0.421 e. The fourth-order valence-corrected chi connectivity index (χ4v) is 2.69. The second-order valence-corrected chi connectivity index (χ2v) is 5.91. The molecule has 0 spiro atoms. The number of hydrogen-bond acceptors (Lipinski definition) is 5. The van der Waals surface area contributed by atoms with Crippen LogP contribution in [0.5, 0.6) is 0 Å². The van der Waals surface area contributed by atoms with Gasteiger partial charge in [-0.05, 0) is 12.5 Å². The molecule has 0 aliphatic carbocycles. The van der Waals surface area contributed by atoms with E-state index >= 15 is 0 Å². The molecule has 25 heavy (non-hydrogen) atoms. The normalized spacial score (nSPS) is 10.8. The van der Waals surface area contributed by atoms with Crippen molar-refractivity contribution in [2.45, 2.75) is 52.1 Å². The Morgan fingerprint density at radius 1 is 1.08 bits per heavy atom. The largest absolute Gasteiger partial charge is 0.428 e. The van der Waals surface area contributed by atoms with Crippen molar-refractivity contribution < 1.29 is 24.2 Å². The molecule has 6 nitrogen and oxygen atoms in total. The maximum atomic E-state index is 12.2. The molecule has 0 unspecified atom stereocenters. The molecule has 0 aliphatic heterocycles. The highest BCUT2D eigenvalue weighted by Gasteiger charge is 2.14. The summed E-state index contributed by atoms with van der Waals surface area (Å²) in [5.41, 5.74) is 1.27. The van der Waals surface area contributed by atoms with Crippen LogP contribution in [0.4, 0.5) is 4.79 Å². The first-order valence-corrected chi connectivity index (χ1v) is 8.70. The van der Waals surface area contributed by atoms with E-state index in [4.69, 9.17) is 9.47 Å². The highest BCUT2D eigenvalue weighted by Crippen LogP contribution is 2.21. The molecule has 0 bridgehead atoms. The topological polar surface area (TPSA) is 77.8 Å². The molecule has 1 aromatic carbocycles. The number of para-hydroxylation sites is 1. The third kappa shape index (κ3) is 5.32. The van der Waals surface area contributed by atoms with E-state index in [1.807, 2.05) is 12.1 Å². The van der Waals surface area contributed by atoms with E-state index in [1.165, 1.54) is 17.2 Å². The fraction of sp³-hybridized carbons (Fsp3) is 0.474. The number of rotatable bonds is 9. The molecular formula is C19H25NO5. The van der Waals surface area contributed by atoms with Gasteiger partial charge in [-0.25, -0.2) is 4.79 Å². The Balaban J connectivity index is 1.80. The van der Waals surface area contributed by atoms with Crippen molar-refractivity contribution in [3.63, 3.8) is 0 Å². The van der Waals surface area contributed by atoms with Gasteiger partial charge >= 0.3 is 12.1 Å². The SMILES string of the molecule is CCCCCCCC(=O)OCOC(=O)n1cc(CO)c2ccccc21. The molecule has 0 amide bonds. The first-order chi connectivity index (χ1) is 12.2. The van der Waals surface area contributed by atoms with E-state index in [0.717, 1.165) is 31.1 Å². The third-order valence-corrected chi connectivity index (χ3v) is 4.05. The number of aliphatic hydroxyl groups is 1. The molecule has 2 aromatic rings. The van der Waals surface area contributed by atoms with Crippen LogP contribution in [-0.2, 0) is 20.9 Å². The lowest BCUT2D eigenvalue weighted by molar-refractivity contribution is -0.151. The number of carbonyl (C=O) groups excluding carboxylic acids is 2. The fourth-order valence-electron chi connectivity index (χ4n) is 2.69. The van der Waals surface area contributed by atoms with E-state index < -0.39 is 12.9 Å². The van der Waals surface area contributed by atoms with Gasteiger partial charge < -0.3 is 14.6 Å². The molecule has 2 rings (SSSR count). The number of nitrogens with zero attached hydrogens (tertiary/aromatic N) is 1. The molecule has 0 atom stereocenters. The van der Waals surface area contributed by atoms with Gasteiger partial charge in [0.15, 0.2) is 0 Å². The van der Waals surface area contributed by atoms with Crippen LogP contribution in [0.3, 0.4) is 0 Å². The first-order valence-electron chi connectivity index (χ1n) is 8.70. The molecule has 6 heteroatoms. The average Bonchev–Trinajstić information content (AvgIpc) is 3.00. The molecule has 0 saturated carbocycles. The van der Waals surface area contributed by atoms with Crippen molar-refractivity contribution in [1.29, 1.82) is 0 Å². The van der Waals surface area contributed by atoms with Crippen molar-refractivity contribution in [3.8, 4) is 0 Å². The van der Waals surface area contributed by atoms with Gasteiger partial charge in [-0.15, -0.1) is 0 Å². The quantitative estimate of drug-likeness (QED) is 0.422. The van der Waals surface area contributed by atoms with Gasteiger partial charge in [0.2, 0.25) is 6.79 Å². The van der Waals surface area contributed by atoms with Crippen LogP contribution < -0.4 is 0 Å². The van der Waals surface area contributed by atoms with Gasteiger partial charge in [-0.2, -0.15) is 0 Å². The number of ether oxygens (including phenoxy) is 2. The van der Waals surface area contributed by atoms with Crippen LogP contribution in [0.1, 0.15) is 51.0 Å². The Morgan fingerprint density at radius 3 is 2.60 bits per heavy atom. The Labute approximate surface area is 147 Å². The zero-order valence-corrected chi connectivity index (χ0v) is 14.6. The lowest BCUT2D eigenvalue weighted by Gasteiger charge is -2.07. The van der Waals surface area contributed by atoms with E-state index in [9.17, 15) is 14.7 Å². The Hall–Kier alpha value is -2.34. The van der Waals surface area contributed by atoms with E-state index in [1.54, 1.807) is 12.1 Å². The van der Waals surface area contributed by atoms with Crippen molar-refractivity contribution in [1.82, 2.24) is 4.57 Å². The Kier molecular flexibility index (Phi) is 7.47. The molecule has 1 aromatic heterocycles. The minimum absolute atomic E-state index is 0.173. The molecule has 0 saturated heterocycles. The lowest BCUT2D eigenvalue weighted by Crippen LogP contribution is -2.17. The maximum absolute atomic E-state index is 12.2. The van der Waals surface area contributed by atoms with Gasteiger partial charge in [0.25, 0.3) is 0 Å². The molecular weight excluding hydrogens is 322 g/mol. The Bertz CT molecular complexity index is 707. The smallest absolute Gasteiger partial charge is 0.421 e. The van der Waals surface area contributed by atoms with Crippen molar-refractivity contribution >= 4 is 23.0 Å². The van der Waals surface area contributed by atoms with Gasteiger partial charge in [0.1, 0.15) is 0 Å². The standard InChI is InChI=1S/C19H25NO5/c1-2-3-4-5-6-11-18(22)24-14-25-19(23)20-12-15(13-21)16-9-7-8-10-17(16)20/h7-10,12,21H,2-6,11,13-14H2,1H3. The lowest BCUT2D eigenvalue weighted by atomic mass is 10.1. The molecule has 0 fully saturated rings. The molecule has 1 N–H and O–H groups in total. The van der Waals surface area contributed by atoms with Crippen LogP contribution >= 0.6 is 0 Å². The number of hydrogen-bond donors (Lipinski definition) is 1. The summed E-state index contributed by atoms with van der Waals surface area (Å²) in [6.07, 6.45) is 6.46. The van der Waals surface area contributed by atoms with E-state index in [0.29, 0.717) is 17.5 Å². The van der Waals surface area contributed by atoms with E-state index in [2.05, 4.69) is 6.92 Å².